The molecule has 1 saturated heterocycles. The normalized spacial score (nSPS) is 16.5. The highest BCUT2D eigenvalue weighted by Crippen LogP contribution is 2.21. The van der Waals surface area contributed by atoms with Crippen LogP contribution >= 0.6 is 0 Å². The van der Waals surface area contributed by atoms with Gasteiger partial charge in [0.25, 0.3) is 0 Å². The van der Waals surface area contributed by atoms with E-state index in [0.29, 0.717) is 13.1 Å². The van der Waals surface area contributed by atoms with Gasteiger partial charge in [0.15, 0.2) is 0 Å². The molecule has 0 radical (unpaired) electrons. The number of benzene rings is 2. The van der Waals surface area contributed by atoms with Crippen molar-refractivity contribution in [3.05, 3.63) is 54.1 Å². The van der Waals surface area contributed by atoms with E-state index < -0.39 is 0 Å². The molecule has 6 heteroatoms. The van der Waals surface area contributed by atoms with Crippen LogP contribution in [-0.2, 0) is 4.79 Å². The van der Waals surface area contributed by atoms with Crippen LogP contribution in [0.4, 0.5) is 16.2 Å². The molecule has 6 nitrogen and oxygen atoms in total. The number of urea groups is 1. The summed E-state index contributed by atoms with van der Waals surface area (Å²) in [6, 6.07) is 14.7. The predicted octanol–water partition coefficient (Wildman–Crippen LogP) is 3.89. The van der Waals surface area contributed by atoms with E-state index in [2.05, 4.69) is 10.6 Å². The summed E-state index contributed by atoms with van der Waals surface area (Å²) < 4.78 is 5.12. The van der Waals surface area contributed by atoms with Crippen molar-refractivity contribution < 1.29 is 14.3 Å². The van der Waals surface area contributed by atoms with Crippen LogP contribution in [0.5, 0.6) is 5.75 Å². The SMILES string of the molecule is COc1ccc(NC(=O)C2CCCN(C(=O)Nc3cccc(C)c3)C2)cc1. The molecule has 1 atom stereocenters. The van der Waals surface area contributed by atoms with Crippen LogP contribution in [-0.4, -0.2) is 37.0 Å². The maximum atomic E-state index is 12.6. The summed E-state index contributed by atoms with van der Waals surface area (Å²) >= 11 is 0. The second kappa shape index (κ2) is 8.58. The highest BCUT2D eigenvalue weighted by Gasteiger charge is 2.28. The zero-order valence-electron chi connectivity index (χ0n) is 15.7. The van der Waals surface area contributed by atoms with E-state index in [1.807, 2.05) is 43.3 Å². The first kappa shape index (κ1) is 18.8. The second-order valence-corrected chi connectivity index (χ2v) is 6.80. The molecule has 0 saturated carbocycles. The van der Waals surface area contributed by atoms with E-state index in [0.717, 1.165) is 35.5 Å². The number of hydrogen-bond acceptors (Lipinski definition) is 3. The van der Waals surface area contributed by atoms with Crippen LogP contribution in [0.2, 0.25) is 0 Å². The fourth-order valence-electron chi connectivity index (χ4n) is 3.22. The number of carbonyl (C=O) groups excluding carboxylic acids is 2. The molecular formula is C21H25N3O3. The number of ether oxygens (including phenoxy) is 1. The Kier molecular flexibility index (Phi) is 5.96. The number of amides is 3. The van der Waals surface area contributed by atoms with Crippen LogP contribution in [0.3, 0.4) is 0 Å². The summed E-state index contributed by atoms with van der Waals surface area (Å²) in [7, 11) is 1.60. The Morgan fingerprint density at radius 2 is 1.85 bits per heavy atom. The maximum Gasteiger partial charge on any atom is 0.321 e. The number of rotatable bonds is 4. The first-order chi connectivity index (χ1) is 13.0. The Hall–Kier alpha value is -3.02. The Morgan fingerprint density at radius 3 is 2.56 bits per heavy atom. The van der Waals surface area contributed by atoms with Gasteiger partial charge in [-0.2, -0.15) is 0 Å². The summed E-state index contributed by atoms with van der Waals surface area (Å²) in [6.07, 6.45) is 1.58. The smallest absolute Gasteiger partial charge is 0.321 e. The highest BCUT2D eigenvalue weighted by atomic mass is 16.5. The lowest BCUT2D eigenvalue weighted by Gasteiger charge is -2.32. The Labute approximate surface area is 159 Å². The first-order valence-electron chi connectivity index (χ1n) is 9.12. The lowest BCUT2D eigenvalue weighted by Crippen LogP contribution is -2.45. The zero-order valence-corrected chi connectivity index (χ0v) is 15.7. The molecule has 1 unspecified atom stereocenters. The number of anilines is 2. The molecular weight excluding hydrogens is 342 g/mol. The van der Waals surface area contributed by atoms with Gasteiger partial charge in [-0.1, -0.05) is 12.1 Å². The highest BCUT2D eigenvalue weighted by molar-refractivity contribution is 5.94. The van der Waals surface area contributed by atoms with Crippen LogP contribution < -0.4 is 15.4 Å². The molecule has 0 aliphatic carbocycles. The molecule has 3 amide bonds. The molecule has 1 fully saturated rings. The maximum absolute atomic E-state index is 12.6. The Balaban J connectivity index is 1.57. The minimum absolute atomic E-state index is 0.0618. The number of likely N-dealkylation sites (tertiary alicyclic amines) is 1. The molecule has 2 aromatic carbocycles. The predicted molar refractivity (Wildman–Crippen MR) is 106 cm³/mol. The minimum atomic E-state index is -0.218. The molecule has 0 spiro atoms. The first-order valence-corrected chi connectivity index (χ1v) is 9.12. The fourth-order valence-corrected chi connectivity index (χ4v) is 3.22. The van der Waals surface area contributed by atoms with Gasteiger partial charge in [0.2, 0.25) is 5.91 Å². The number of hydrogen-bond donors (Lipinski definition) is 2. The average molecular weight is 367 g/mol. The van der Waals surface area contributed by atoms with E-state index in [1.54, 1.807) is 24.1 Å². The molecule has 27 heavy (non-hydrogen) atoms. The van der Waals surface area contributed by atoms with Crippen molar-refractivity contribution in [1.82, 2.24) is 4.90 Å². The molecule has 3 rings (SSSR count). The lowest BCUT2D eigenvalue weighted by molar-refractivity contribution is -0.121. The van der Waals surface area contributed by atoms with Crippen molar-refractivity contribution in [3.63, 3.8) is 0 Å². The molecule has 0 bridgehead atoms. The Bertz CT molecular complexity index is 805. The topological polar surface area (TPSA) is 70.7 Å². The van der Waals surface area contributed by atoms with E-state index >= 15 is 0 Å². The van der Waals surface area contributed by atoms with Crippen LogP contribution in [0, 0.1) is 12.8 Å². The summed E-state index contributed by atoms with van der Waals surface area (Å²) in [4.78, 5) is 26.8. The largest absolute Gasteiger partial charge is 0.497 e. The van der Waals surface area contributed by atoms with Gasteiger partial charge in [-0.15, -0.1) is 0 Å². The summed E-state index contributed by atoms with van der Waals surface area (Å²) in [5, 5.41) is 5.84. The van der Waals surface area contributed by atoms with Crippen molar-refractivity contribution in [3.8, 4) is 5.75 Å². The van der Waals surface area contributed by atoms with Crippen LogP contribution in [0.25, 0.3) is 0 Å². The van der Waals surface area contributed by atoms with E-state index in [-0.39, 0.29) is 17.9 Å². The monoisotopic (exact) mass is 367 g/mol. The van der Waals surface area contributed by atoms with Gasteiger partial charge in [0.1, 0.15) is 5.75 Å². The van der Waals surface area contributed by atoms with Crippen molar-refractivity contribution in [1.29, 1.82) is 0 Å². The van der Waals surface area contributed by atoms with E-state index in [1.165, 1.54) is 0 Å². The third-order valence-electron chi connectivity index (χ3n) is 4.71. The lowest BCUT2D eigenvalue weighted by atomic mass is 9.97. The van der Waals surface area contributed by atoms with Crippen molar-refractivity contribution in [2.24, 2.45) is 5.92 Å². The van der Waals surface area contributed by atoms with Crippen molar-refractivity contribution >= 4 is 23.3 Å². The van der Waals surface area contributed by atoms with Crippen LogP contribution in [0.1, 0.15) is 18.4 Å². The molecule has 1 aliphatic heterocycles. The van der Waals surface area contributed by atoms with Gasteiger partial charge in [-0.25, -0.2) is 4.79 Å². The average Bonchev–Trinajstić information content (AvgIpc) is 2.68. The standard InChI is InChI=1S/C21H25N3O3/c1-15-5-3-7-18(13-15)23-21(26)24-12-4-6-16(14-24)20(25)22-17-8-10-19(27-2)11-9-17/h3,5,7-11,13,16H,4,6,12,14H2,1-2H3,(H,22,25)(H,23,26). The second-order valence-electron chi connectivity index (χ2n) is 6.80. The van der Waals surface area contributed by atoms with Gasteiger partial charge in [-0.05, 0) is 61.7 Å². The molecule has 1 heterocycles. The number of carbonyl (C=O) groups is 2. The summed E-state index contributed by atoms with van der Waals surface area (Å²) in [5.74, 6) is 0.460. The van der Waals surface area contributed by atoms with Gasteiger partial charge in [-0.3, -0.25) is 4.79 Å². The van der Waals surface area contributed by atoms with E-state index in [9.17, 15) is 9.59 Å². The number of methoxy groups -OCH3 is 1. The number of nitrogens with zero attached hydrogens (tertiary/aromatic N) is 1. The van der Waals surface area contributed by atoms with Gasteiger partial charge < -0.3 is 20.3 Å². The number of nitrogens with one attached hydrogen (secondary N) is 2. The molecule has 142 valence electrons. The summed E-state index contributed by atoms with van der Waals surface area (Å²) in [6.45, 7) is 3.06. The van der Waals surface area contributed by atoms with Crippen molar-refractivity contribution in [2.75, 3.05) is 30.8 Å². The molecule has 2 aromatic rings. The van der Waals surface area contributed by atoms with Crippen molar-refractivity contribution in [2.45, 2.75) is 19.8 Å². The Morgan fingerprint density at radius 1 is 1.07 bits per heavy atom. The number of piperidine rings is 1. The third kappa shape index (κ3) is 5.00. The quantitative estimate of drug-likeness (QED) is 0.861. The van der Waals surface area contributed by atoms with Gasteiger partial charge in [0, 0.05) is 24.5 Å². The minimum Gasteiger partial charge on any atom is -0.497 e. The van der Waals surface area contributed by atoms with Crippen LogP contribution in [0.15, 0.2) is 48.5 Å². The zero-order chi connectivity index (χ0) is 19.2. The van der Waals surface area contributed by atoms with Gasteiger partial charge in [0.05, 0.1) is 13.0 Å². The summed E-state index contributed by atoms with van der Waals surface area (Å²) in [5.41, 5.74) is 2.58. The molecule has 2 N–H and O–H groups in total. The fraction of sp³-hybridized carbons (Fsp3) is 0.333. The van der Waals surface area contributed by atoms with E-state index in [4.69, 9.17) is 4.74 Å². The molecule has 1 aliphatic rings. The molecule has 0 aromatic heterocycles. The van der Waals surface area contributed by atoms with Gasteiger partial charge >= 0.3 is 6.03 Å². The number of aryl methyl sites for hydroxylation is 1. The third-order valence-corrected chi connectivity index (χ3v) is 4.71.